The maximum absolute atomic E-state index is 11.4. The van der Waals surface area contributed by atoms with E-state index in [1.165, 1.54) is 50.2 Å². The smallest absolute Gasteiger partial charge is 0.302 e. The fourth-order valence-corrected chi connectivity index (χ4v) is 7.47. The highest BCUT2D eigenvalue weighted by Crippen LogP contribution is 2.67. The molecule has 0 aromatic rings. The highest BCUT2D eigenvalue weighted by molar-refractivity contribution is 5.66. The lowest BCUT2D eigenvalue weighted by Crippen LogP contribution is -2.44. The first-order chi connectivity index (χ1) is 15.6. The third-order valence-corrected chi connectivity index (χ3v) is 9.81. The zero-order valence-electron chi connectivity index (χ0n) is 21.9. The molecule has 3 saturated carbocycles. The fraction of sp³-hybridized carbons (Fsp3) is 0.767. The molecule has 8 atom stereocenters. The van der Waals surface area contributed by atoms with Gasteiger partial charge >= 0.3 is 5.97 Å². The van der Waals surface area contributed by atoms with E-state index < -0.39 is 0 Å². The van der Waals surface area contributed by atoms with Crippen molar-refractivity contribution in [1.82, 2.24) is 0 Å². The molecular formula is C30H46O3. The molecule has 4 fully saturated rings. The normalized spacial score (nSPS) is 41.5. The minimum Gasteiger partial charge on any atom is -0.462 e. The van der Waals surface area contributed by atoms with Gasteiger partial charge in [-0.15, -0.1) is 0 Å². The maximum atomic E-state index is 11.4. The molecule has 0 amide bonds. The van der Waals surface area contributed by atoms with Crippen LogP contribution in [0.25, 0.3) is 0 Å². The summed E-state index contributed by atoms with van der Waals surface area (Å²) >= 11 is 0. The van der Waals surface area contributed by atoms with Gasteiger partial charge in [-0.05, 0) is 91.6 Å². The van der Waals surface area contributed by atoms with Crippen molar-refractivity contribution in [2.75, 3.05) is 0 Å². The quantitative estimate of drug-likeness (QED) is 0.238. The summed E-state index contributed by atoms with van der Waals surface area (Å²) in [7, 11) is 0. The summed E-state index contributed by atoms with van der Waals surface area (Å²) in [6, 6.07) is 0. The predicted molar refractivity (Wildman–Crippen MR) is 135 cm³/mol. The van der Waals surface area contributed by atoms with Crippen LogP contribution in [0.1, 0.15) is 92.9 Å². The Balaban J connectivity index is 1.47. The monoisotopic (exact) mass is 454 g/mol. The average Bonchev–Trinajstić information content (AvgIpc) is 3.27. The number of rotatable bonds is 6. The number of carbonyl (C=O) groups excluding carboxylic acids is 1. The number of fused-ring (bicyclic) bond motifs is 2. The van der Waals surface area contributed by atoms with E-state index >= 15 is 0 Å². The Morgan fingerprint density at radius 1 is 1.15 bits per heavy atom. The summed E-state index contributed by atoms with van der Waals surface area (Å²) in [5, 5.41) is 0. The molecule has 33 heavy (non-hydrogen) atoms. The van der Waals surface area contributed by atoms with Gasteiger partial charge in [0, 0.05) is 13.3 Å². The van der Waals surface area contributed by atoms with Crippen LogP contribution in [0.2, 0.25) is 0 Å². The van der Waals surface area contributed by atoms with Crippen LogP contribution in [0.4, 0.5) is 0 Å². The first-order valence-corrected chi connectivity index (χ1v) is 13.5. The van der Waals surface area contributed by atoms with E-state index in [0.717, 1.165) is 25.2 Å². The average molecular weight is 455 g/mol. The van der Waals surface area contributed by atoms with E-state index in [0.29, 0.717) is 29.1 Å². The first kappa shape index (κ1) is 24.8. The van der Waals surface area contributed by atoms with Crippen molar-refractivity contribution in [3.05, 3.63) is 36.0 Å². The Labute approximate surface area is 202 Å². The molecule has 1 aliphatic heterocycles. The molecule has 0 aromatic carbocycles. The van der Waals surface area contributed by atoms with Gasteiger partial charge in [0.2, 0.25) is 0 Å². The molecule has 1 spiro atoms. The Morgan fingerprint density at radius 3 is 2.61 bits per heavy atom. The summed E-state index contributed by atoms with van der Waals surface area (Å²) < 4.78 is 12.1. The second kappa shape index (κ2) is 9.36. The zero-order valence-corrected chi connectivity index (χ0v) is 21.9. The molecule has 0 aromatic heterocycles. The zero-order chi connectivity index (χ0) is 24.0. The molecule has 4 aliphatic rings. The molecule has 0 bridgehead atoms. The minimum atomic E-state index is -0.183. The summed E-state index contributed by atoms with van der Waals surface area (Å²) in [6.07, 6.45) is 16.5. The number of carbonyl (C=O) groups is 1. The van der Waals surface area contributed by atoms with Crippen molar-refractivity contribution >= 4 is 5.97 Å². The molecule has 3 nitrogen and oxygen atoms in total. The van der Waals surface area contributed by atoms with Crippen molar-refractivity contribution in [1.29, 1.82) is 0 Å². The summed E-state index contributed by atoms with van der Waals surface area (Å²) in [5.41, 5.74) is 2.85. The van der Waals surface area contributed by atoms with Crippen LogP contribution in [-0.2, 0) is 14.3 Å². The largest absolute Gasteiger partial charge is 0.462 e. The Hall–Kier alpha value is -1.35. The second-order valence-corrected chi connectivity index (χ2v) is 12.2. The van der Waals surface area contributed by atoms with E-state index in [-0.39, 0.29) is 23.8 Å². The number of ether oxygens (including phenoxy) is 2. The maximum Gasteiger partial charge on any atom is 0.302 e. The Bertz CT molecular complexity index is 822. The van der Waals surface area contributed by atoms with Crippen molar-refractivity contribution in [3.63, 3.8) is 0 Å². The topological polar surface area (TPSA) is 38.8 Å². The molecule has 3 heteroatoms. The molecule has 0 unspecified atom stereocenters. The van der Waals surface area contributed by atoms with Gasteiger partial charge in [0.05, 0.1) is 0 Å². The lowest BCUT2D eigenvalue weighted by molar-refractivity contribution is -0.146. The van der Waals surface area contributed by atoms with Gasteiger partial charge in [-0.3, -0.25) is 4.79 Å². The van der Waals surface area contributed by atoms with Crippen LogP contribution in [0, 0.1) is 35.0 Å². The molecular weight excluding hydrogens is 408 g/mol. The van der Waals surface area contributed by atoms with Gasteiger partial charge in [0.15, 0.2) is 0 Å². The summed E-state index contributed by atoms with van der Waals surface area (Å²) in [4.78, 5) is 11.4. The molecule has 1 saturated heterocycles. The van der Waals surface area contributed by atoms with E-state index in [1.807, 2.05) is 0 Å². The summed E-state index contributed by atoms with van der Waals surface area (Å²) in [5.74, 6) is 3.15. The predicted octanol–water partition coefficient (Wildman–Crippen LogP) is 7.42. The molecule has 4 rings (SSSR count). The molecule has 184 valence electrons. The number of esters is 1. The van der Waals surface area contributed by atoms with Crippen molar-refractivity contribution in [3.8, 4) is 0 Å². The molecule has 0 radical (unpaired) electrons. The van der Waals surface area contributed by atoms with E-state index in [9.17, 15) is 4.79 Å². The van der Waals surface area contributed by atoms with Crippen molar-refractivity contribution < 1.29 is 14.3 Å². The van der Waals surface area contributed by atoms with Crippen LogP contribution in [-0.4, -0.2) is 23.8 Å². The van der Waals surface area contributed by atoms with Crippen LogP contribution < -0.4 is 0 Å². The van der Waals surface area contributed by atoms with E-state index in [1.54, 1.807) is 0 Å². The fourth-order valence-electron chi connectivity index (χ4n) is 7.47. The third-order valence-electron chi connectivity index (χ3n) is 9.81. The number of allylic oxidation sites excluding steroid dienone is 3. The van der Waals surface area contributed by atoms with Crippen molar-refractivity contribution in [2.24, 2.45) is 35.0 Å². The van der Waals surface area contributed by atoms with Crippen LogP contribution in [0.15, 0.2) is 36.0 Å². The lowest BCUT2D eigenvalue weighted by Gasteiger charge is -2.45. The van der Waals surface area contributed by atoms with Gasteiger partial charge in [-0.25, -0.2) is 0 Å². The van der Waals surface area contributed by atoms with Crippen molar-refractivity contribution in [2.45, 2.75) is 111 Å². The number of hydrogen-bond donors (Lipinski definition) is 0. The van der Waals surface area contributed by atoms with Gasteiger partial charge in [-0.1, -0.05) is 58.9 Å². The molecule has 3 aliphatic carbocycles. The van der Waals surface area contributed by atoms with Gasteiger partial charge < -0.3 is 9.47 Å². The van der Waals surface area contributed by atoms with Gasteiger partial charge in [0.25, 0.3) is 0 Å². The lowest BCUT2D eigenvalue weighted by atomic mass is 9.58. The Morgan fingerprint density at radius 2 is 1.91 bits per heavy atom. The molecule has 1 heterocycles. The second-order valence-electron chi connectivity index (χ2n) is 12.2. The van der Waals surface area contributed by atoms with Gasteiger partial charge in [-0.2, -0.15) is 0 Å². The minimum absolute atomic E-state index is 0.0118. The van der Waals surface area contributed by atoms with E-state index in [4.69, 9.17) is 9.47 Å². The highest BCUT2D eigenvalue weighted by Gasteiger charge is 2.68. The summed E-state index contributed by atoms with van der Waals surface area (Å²) in [6.45, 7) is 17.8. The van der Waals surface area contributed by atoms with Gasteiger partial charge in [0.1, 0.15) is 17.8 Å². The third kappa shape index (κ3) is 4.77. The first-order valence-electron chi connectivity index (χ1n) is 13.5. The SMILES string of the molecule is C=C1CC[C@H](OC(C)=O)C/C1=C/[C@H]1O[C@@]12CCC[C@]1(C)[C@@H]([C@H](C)C=C[C@H](C)C(C)C)CC[C@H]12. The molecule has 0 N–H and O–H groups in total. The van der Waals surface area contributed by atoms with E-state index in [2.05, 4.69) is 59.4 Å². The Kier molecular flexibility index (Phi) is 7.03. The highest BCUT2D eigenvalue weighted by atomic mass is 16.6. The van der Waals surface area contributed by atoms with Crippen LogP contribution in [0.3, 0.4) is 0 Å². The number of hydrogen-bond acceptors (Lipinski definition) is 3. The standard InChI is InChI=1S/C30H46O3/c1-19(2)20(3)9-10-22(5)26-13-14-27-29(26,7)15-8-16-30(27)28(33-30)18-24-17-25(32-23(6)31)12-11-21(24)4/h9-10,18-20,22,25-28H,4,8,11-17H2,1-3,5-7H3/b10-9?,24-18-/t20-,22+,25-,26+,27+,28+,29+,30+/m0/s1. The van der Waals surface area contributed by atoms with Crippen LogP contribution in [0.5, 0.6) is 0 Å². The van der Waals surface area contributed by atoms with Crippen LogP contribution >= 0.6 is 0 Å². The number of epoxide rings is 1.